The third kappa shape index (κ3) is 5.43. The Bertz CT molecular complexity index is 581. The van der Waals surface area contributed by atoms with Crippen LogP contribution in [0.3, 0.4) is 0 Å². The quantitative estimate of drug-likeness (QED) is 0.731. The summed E-state index contributed by atoms with van der Waals surface area (Å²) in [7, 11) is 0. The minimum Gasteiger partial charge on any atom is -0.376 e. The molecule has 0 saturated carbocycles. The van der Waals surface area contributed by atoms with Crippen molar-refractivity contribution in [3.63, 3.8) is 0 Å². The van der Waals surface area contributed by atoms with Gasteiger partial charge in [-0.1, -0.05) is 13.8 Å². The number of carbonyl (C=O) groups is 1. The number of rotatable bonds is 8. The van der Waals surface area contributed by atoms with Crippen LogP contribution in [0.15, 0.2) is 16.9 Å². The van der Waals surface area contributed by atoms with E-state index in [1.807, 2.05) is 0 Å². The van der Waals surface area contributed by atoms with E-state index in [4.69, 9.17) is 9.47 Å². The molecule has 1 aromatic heterocycles. The number of aromatic amines is 1. The van der Waals surface area contributed by atoms with Crippen molar-refractivity contribution in [1.82, 2.24) is 15.2 Å². The van der Waals surface area contributed by atoms with Crippen molar-refractivity contribution < 1.29 is 14.3 Å². The Labute approximate surface area is 142 Å². The van der Waals surface area contributed by atoms with Gasteiger partial charge in [-0.3, -0.25) is 14.5 Å². The van der Waals surface area contributed by atoms with E-state index in [9.17, 15) is 9.59 Å². The van der Waals surface area contributed by atoms with Gasteiger partial charge in [-0.15, -0.1) is 0 Å². The normalized spacial score (nSPS) is 17.9. The van der Waals surface area contributed by atoms with Gasteiger partial charge < -0.3 is 19.8 Å². The second-order valence-corrected chi connectivity index (χ2v) is 5.87. The van der Waals surface area contributed by atoms with E-state index in [2.05, 4.69) is 29.0 Å². The summed E-state index contributed by atoms with van der Waals surface area (Å²) < 4.78 is 10.7. The van der Waals surface area contributed by atoms with Gasteiger partial charge in [0.2, 0.25) is 0 Å². The zero-order valence-electron chi connectivity index (χ0n) is 14.5. The van der Waals surface area contributed by atoms with E-state index in [0.29, 0.717) is 32.9 Å². The molecule has 1 aliphatic rings. The molecular weight excluding hydrogens is 310 g/mol. The average molecular weight is 337 g/mol. The monoisotopic (exact) mass is 337 g/mol. The Hall–Kier alpha value is -1.70. The molecule has 1 aromatic rings. The van der Waals surface area contributed by atoms with E-state index in [0.717, 1.165) is 25.2 Å². The van der Waals surface area contributed by atoms with Crippen LogP contribution in [0.2, 0.25) is 0 Å². The first-order valence-corrected chi connectivity index (χ1v) is 8.56. The minimum atomic E-state index is -0.391. The maximum absolute atomic E-state index is 12.2. The van der Waals surface area contributed by atoms with E-state index in [-0.39, 0.29) is 17.2 Å². The smallest absolute Gasteiger partial charge is 0.261 e. The van der Waals surface area contributed by atoms with Gasteiger partial charge in [0.25, 0.3) is 11.5 Å². The van der Waals surface area contributed by atoms with Crippen LogP contribution in [0.5, 0.6) is 0 Å². The maximum Gasteiger partial charge on any atom is 0.261 e. The molecule has 0 bridgehead atoms. The molecule has 0 aliphatic carbocycles. The Morgan fingerprint density at radius 2 is 2.21 bits per heavy atom. The number of amides is 1. The third-order valence-corrected chi connectivity index (χ3v) is 3.97. The number of aromatic nitrogens is 1. The summed E-state index contributed by atoms with van der Waals surface area (Å²) in [6.07, 6.45) is 0.902. The standard InChI is InChI=1S/C17H27N3O4/c1-3-7-20(4-2)11-13-5-6-15(17(22)19-13)16(21)18-10-14-12-23-8-9-24-14/h5-6,14H,3-4,7-12H2,1-2H3,(H,18,21)(H,19,22)/t14-/m0/s1. The number of nitrogens with one attached hydrogen (secondary N) is 2. The number of carbonyl (C=O) groups excluding carboxylic acids is 1. The number of ether oxygens (including phenoxy) is 2. The van der Waals surface area contributed by atoms with Crippen molar-refractivity contribution in [1.29, 1.82) is 0 Å². The second-order valence-electron chi connectivity index (χ2n) is 5.87. The fourth-order valence-electron chi connectivity index (χ4n) is 2.65. The molecule has 7 heteroatoms. The van der Waals surface area contributed by atoms with Crippen LogP contribution in [-0.2, 0) is 16.0 Å². The summed E-state index contributed by atoms with van der Waals surface area (Å²) in [5, 5.41) is 2.73. The minimum absolute atomic E-state index is 0.119. The van der Waals surface area contributed by atoms with Crippen molar-refractivity contribution in [3.8, 4) is 0 Å². The molecule has 1 atom stereocenters. The predicted molar refractivity (Wildman–Crippen MR) is 91.2 cm³/mol. The molecule has 0 spiro atoms. The van der Waals surface area contributed by atoms with E-state index in [1.54, 1.807) is 12.1 Å². The van der Waals surface area contributed by atoms with Gasteiger partial charge in [0.05, 0.1) is 25.9 Å². The van der Waals surface area contributed by atoms with E-state index < -0.39 is 5.91 Å². The number of hydrogen-bond donors (Lipinski definition) is 2. The van der Waals surface area contributed by atoms with Crippen LogP contribution in [0.25, 0.3) is 0 Å². The topological polar surface area (TPSA) is 83.7 Å². The van der Waals surface area contributed by atoms with Crippen LogP contribution in [0.1, 0.15) is 36.3 Å². The number of nitrogens with zero attached hydrogens (tertiary/aromatic N) is 1. The Morgan fingerprint density at radius 1 is 1.38 bits per heavy atom. The average Bonchev–Trinajstić information content (AvgIpc) is 2.60. The highest BCUT2D eigenvalue weighted by Crippen LogP contribution is 2.03. The van der Waals surface area contributed by atoms with Gasteiger partial charge in [-0.25, -0.2) is 0 Å². The summed E-state index contributed by atoms with van der Waals surface area (Å²) in [5.41, 5.74) is 0.572. The largest absolute Gasteiger partial charge is 0.376 e. The van der Waals surface area contributed by atoms with Crippen LogP contribution in [0, 0.1) is 0 Å². The molecule has 134 valence electrons. The zero-order valence-corrected chi connectivity index (χ0v) is 14.5. The Morgan fingerprint density at radius 3 is 2.83 bits per heavy atom. The summed E-state index contributed by atoms with van der Waals surface area (Å²) in [5.74, 6) is -0.391. The molecule has 1 saturated heterocycles. The summed E-state index contributed by atoms with van der Waals surface area (Å²) in [4.78, 5) is 29.4. The van der Waals surface area contributed by atoms with Gasteiger partial charge in [0.15, 0.2) is 0 Å². The first kappa shape index (κ1) is 18.6. The van der Waals surface area contributed by atoms with E-state index >= 15 is 0 Å². The van der Waals surface area contributed by atoms with Crippen molar-refractivity contribution in [2.24, 2.45) is 0 Å². The van der Waals surface area contributed by atoms with Crippen molar-refractivity contribution in [3.05, 3.63) is 33.7 Å². The number of H-pyrrole nitrogens is 1. The Balaban J connectivity index is 1.93. The van der Waals surface area contributed by atoms with Crippen molar-refractivity contribution >= 4 is 5.91 Å². The molecule has 2 N–H and O–H groups in total. The molecule has 0 unspecified atom stereocenters. The highest BCUT2D eigenvalue weighted by atomic mass is 16.6. The SMILES string of the molecule is CCCN(CC)Cc1ccc(C(=O)NC[C@H]2COCCO2)c(=O)[nH]1. The van der Waals surface area contributed by atoms with Gasteiger partial charge in [-0.05, 0) is 31.6 Å². The first-order valence-electron chi connectivity index (χ1n) is 8.56. The molecule has 0 aromatic carbocycles. The van der Waals surface area contributed by atoms with Crippen LogP contribution < -0.4 is 10.9 Å². The lowest BCUT2D eigenvalue weighted by atomic mass is 10.2. The molecule has 0 radical (unpaired) electrons. The predicted octanol–water partition coefficient (Wildman–Crippen LogP) is 0.752. The molecule has 1 aliphatic heterocycles. The molecule has 2 rings (SSSR count). The fraction of sp³-hybridized carbons (Fsp3) is 0.647. The van der Waals surface area contributed by atoms with Gasteiger partial charge in [-0.2, -0.15) is 0 Å². The summed E-state index contributed by atoms with van der Waals surface area (Å²) >= 11 is 0. The second kappa shape index (κ2) is 9.56. The lowest BCUT2D eigenvalue weighted by molar-refractivity contribution is -0.0855. The molecule has 24 heavy (non-hydrogen) atoms. The third-order valence-electron chi connectivity index (χ3n) is 3.97. The van der Waals surface area contributed by atoms with Gasteiger partial charge in [0.1, 0.15) is 5.56 Å². The molecule has 7 nitrogen and oxygen atoms in total. The highest BCUT2D eigenvalue weighted by molar-refractivity contribution is 5.93. The lowest BCUT2D eigenvalue weighted by Gasteiger charge is -2.23. The van der Waals surface area contributed by atoms with Gasteiger partial charge in [0, 0.05) is 18.8 Å². The first-order chi connectivity index (χ1) is 11.6. The Kier molecular flexibility index (Phi) is 7.42. The van der Waals surface area contributed by atoms with Gasteiger partial charge >= 0.3 is 0 Å². The zero-order chi connectivity index (χ0) is 17.4. The number of hydrogen-bond acceptors (Lipinski definition) is 5. The number of pyridine rings is 1. The van der Waals surface area contributed by atoms with Crippen LogP contribution in [0.4, 0.5) is 0 Å². The molecule has 1 fully saturated rings. The summed E-state index contributed by atoms with van der Waals surface area (Å²) in [6.45, 7) is 8.69. The van der Waals surface area contributed by atoms with Crippen LogP contribution in [-0.4, -0.2) is 61.3 Å². The lowest BCUT2D eigenvalue weighted by Crippen LogP contribution is -2.41. The molecule has 2 heterocycles. The maximum atomic E-state index is 12.2. The highest BCUT2D eigenvalue weighted by Gasteiger charge is 2.17. The van der Waals surface area contributed by atoms with Crippen molar-refractivity contribution in [2.75, 3.05) is 39.5 Å². The van der Waals surface area contributed by atoms with Crippen LogP contribution >= 0.6 is 0 Å². The van der Waals surface area contributed by atoms with Crippen molar-refractivity contribution in [2.45, 2.75) is 32.9 Å². The fourth-order valence-corrected chi connectivity index (χ4v) is 2.65. The molecular formula is C17H27N3O4. The van der Waals surface area contributed by atoms with E-state index in [1.165, 1.54) is 0 Å². The summed E-state index contributed by atoms with van der Waals surface area (Å²) in [6, 6.07) is 3.39. The molecule has 1 amide bonds.